The Kier molecular flexibility index (Phi) is 7.92. The van der Waals surface area contributed by atoms with Crippen molar-refractivity contribution in [3.05, 3.63) is 117 Å². The minimum Gasteiger partial charge on any atom is -0.490 e. The summed E-state index contributed by atoms with van der Waals surface area (Å²) in [5, 5.41) is 0. The largest absolute Gasteiger partial charge is 0.490 e. The van der Waals surface area contributed by atoms with E-state index in [2.05, 4.69) is 93.6 Å². The van der Waals surface area contributed by atoms with Crippen LogP contribution in [0.3, 0.4) is 0 Å². The van der Waals surface area contributed by atoms with Crippen molar-refractivity contribution in [2.24, 2.45) is 4.99 Å². The van der Waals surface area contributed by atoms with Gasteiger partial charge in [0.05, 0.1) is 23.4 Å². The summed E-state index contributed by atoms with van der Waals surface area (Å²) in [5.74, 6) is 2.18. The summed E-state index contributed by atoms with van der Waals surface area (Å²) < 4.78 is 12.6. The molecule has 0 amide bonds. The lowest BCUT2D eigenvalue weighted by Crippen LogP contribution is -2.37. The zero-order valence-corrected chi connectivity index (χ0v) is 24.7. The minimum atomic E-state index is 0.361. The van der Waals surface area contributed by atoms with Crippen molar-refractivity contribution in [1.82, 2.24) is 0 Å². The Bertz CT molecular complexity index is 1430. The molecule has 4 aromatic rings. The summed E-state index contributed by atoms with van der Waals surface area (Å²) in [4.78, 5) is 7.66. The Morgan fingerprint density at radius 2 is 1.38 bits per heavy atom. The third kappa shape index (κ3) is 5.27. The smallest absolute Gasteiger partial charge is 0.175 e. The molecular weight excluding hydrogens is 560 g/mol. The molecule has 0 radical (unpaired) electrons. The maximum atomic E-state index is 5.90. The third-order valence-corrected chi connectivity index (χ3v) is 8.57. The number of anilines is 1. The Hall–Kier alpha value is -3.57. The number of ether oxygens (including phenoxy) is 2. The average molecular weight is 596 g/mol. The molecule has 0 fully saturated rings. The number of aliphatic imine (C=N–C) groups is 1. The third-order valence-electron chi connectivity index (χ3n) is 7.98. The van der Waals surface area contributed by atoms with E-state index in [9.17, 15) is 0 Å². The van der Waals surface area contributed by atoms with Crippen LogP contribution in [0.1, 0.15) is 66.3 Å². The van der Waals surface area contributed by atoms with Crippen LogP contribution in [0.25, 0.3) is 0 Å². The molecule has 2 atom stereocenters. The normalized spacial score (nSPS) is 18.0. The van der Waals surface area contributed by atoms with Crippen molar-refractivity contribution >= 4 is 33.5 Å². The van der Waals surface area contributed by atoms with Gasteiger partial charge in [-0.3, -0.25) is 4.99 Å². The van der Waals surface area contributed by atoms with E-state index >= 15 is 0 Å². The molecule has 0 saturated heterocycles. The predicted molar refractivity (Wildman–Crippen MR) is 168 cm³/mol. The van der Waals surface area contributed by atoms with Gasteiger partial charge in [0.2, 0.25) is 0 Å². The van der Waals surface area contributed by atoms with Crippen LogP contribution in [0.2, 0.25) is 0 Å². The van der Waals surface area contributed by atoms with E-state index < -0.39 is 0 Å². The zero-order valence-electron chi connectivity index (χ0n) is 23.1. The number of benzene rings is 4. The van der Waals surface area contributed by atoms with Crippen LogP contribution in [0.15, 0.2) is 94.4 Å². The number of hydrogen-bond donors (Lipinski definition) is 0. The molecule has 0 bridgehead atoms. The fourth-order valence-electron chi connectivity index (χ4n) is 6.27. The topological polar surface area (TPSA) is 34.1 Å². The first kappa shape index (κ1) is 26.6. The molecule has 40 heavy (non-hydrogen) atoms. The number of nitrogens with zero attached hydrogens (tertiary/aromatic N) is 2. The lowest BCUT2D eigenvalue weighted by atomic mass is 9.76. The first-order chi connectivity index (χ1) is 19.7. The quantitative estimate of drug-likeness (QED) is 0.191. The van der Waals surface area contributed by atoms with Crippen molar-refractivity contribution in [1.29, 1.82) is 0 Å². The highest BCUT2D eigenvalue weighted by Gasteiger charge is 2.35. The summed E-state index contributed by atoms with van der Waals surface area (Å²) in [6.45, 7) is 7.28. The Labute approximate surface area is 245 Å². The number of halogens is 1. The molecule has 2 aliphatic heterocycles. The number of rotatable bonds is 8. The molecule has 0 spiro atoms. The SMILES string of the molecule is CCOc1cc(C=Nc2cc3c4c(c2)[C@H](c2ccccc2)CCN4CC[C@@H]3c2ccccc2)cc(Br)c1OCC. The lowest BCUT2D eigenvalue weighted by Gasteiger charge is -2.43. The molecule has 2 heterocycles. The monoisotopic (exact) mass is 594 g/mol. The van der Waals surface area contributed by atoms with Gasteiger partial charge in [-0.25, -0.2) is 0 Å². The van der Waals surface area contributed by atoms with Crippen molar-refractivity contribution in [3.63, 3.8) is 0 Å². The molecule has 2 aliphatic rings. The summed E-state index contributed by atoms with van der Waals surface area (Å²) >= 11 is 3.68. The van der Waals surface area contributed by atoms with E-state index in [4.69, 9.17) is 14.5 Å². The van der Waals surface area contributed by atoms with Gasteiger partial charge in [-0.1, -0.05) is 60.7 Å². The van der Waals surface area contributed by atoms with Crippen LogP contribution in [0, 0.1) is 0 Å². The molecule has 4 nitrogen and oxygen atoms in total. The fourth-order valence-corrected chi connectivity index (χ4v) is 6.85. The maximum Gasteiger partial charge on any atom is 0.175 e. The van der Waals surface area contributed by atoms with Gasteiger partial charge in [-0.15, -0.1) is 0 Å². The molecule has 0 aliphatic carbocycles. The van der Waals surface area contributed by atoms with Crippen molar-refractivity contribution in [3.8, 4) is 11.5 Å². The van der Waals surface area contributed by atoms with E-state index in [0.29, 0.717) is 25.0 Å². The van der Waals surface area contributed by atoms with Gasteiger partial charge in [0.25, 0.3) is 0 Å². The fraction of sp³-hybridized carbons (Fsp3) is 0.286. The van der Waals surface area contributed by atoms with Gasteiger partial charge in [-0.2, -0.15) is 0 Å². The Morgan fingerprint density at radius 1 is 0.800 bits per heavy atom. The molecule has 6 rings (SSSR count). The molecule has 0 aromatic heterocycles. The van der Waals surface area contributed by atoms with Crippen molar-refractivity contribution in [2.75, 3.05) is 31.2 Å². The van der Waals surface area contributed by atoms with Gasteiger partial charge >= 0.3 is 0 Å². The second kappa shape index (κ2) is 11.9. The minimum absolute atomic E-state index is 0.361. The summed E-state index contributed by atoms with van der Waals surface area (Å²) in [5.41, 5.74) is 8.92. The van der Waals surface area contributed by atoms with E-state index in [-0.39, 0.29) is 0 Å². The first-order valence-corrected chi connectivity index (χ1v) is 15.1. The van der Waals surface area contributed by atoms with Crippen LogP contribution in [0.4, 0.5) is 11.4 Å². The van der Waals surface area contributed by atoms with Gasteiger partial charge in [0, 0.05) is 36.8 Å². The first-order valence-electron chi connectivity index (χ1n) is 14.3. The van der Waals surface area contributed by atoms with Crippen LogP contribution < -0.4 is 14.4 Å². The highest BCUT2D eigenvalue weighted by Crippen LogP contribution is 2.50. The van der Waals surface area contributed by atoms with Gasteiger partial charge < -0.3 is 14.4 Å². The lowest BCUT2D eigenvalue weighted by molar-refractivity contribution is 0.286. The maximum absolute atomic E-state index is 5.90. The van der Waals surface area contributed by atoms with Gasteiger partial charge in [0.1, 0.15) is 0 Å². The summed E-state index contributed by atoms with van der Waals surface area (Å²) in [6, 6.07) is 30.6. The molecule has 204 valence electrons. The summed E-state index contributed by atoms with van der Waals surface area (Å²) in [6.07, 6.45) is 4.17. The van der Waals surface area contributed by atoms with Crippen LogP contribution in [0.5, 0.6) is 11.5 Å². The number of hydrogen-bond acceptors (Lipinski definition) is 4. The second-order valence-corrected chi connectivity index (χ2v) is 11.3. The summed E-state index contributed by atoms with van der Waals surface area (Å²) in [7, 11) is 0. The highest BCUT2D eigenvalue weighted by molar-refractivity contribution is 9.10. The van der Waals surface area contributed by atoms with Crippen molar-refractivity contribution < 1.29 is 9.47 Å². The van der Waals surface area contributed by atoms with E-state index in [0.717, 1.165) is 53.2 Å². The zero-order chi connectivity index (χ0) is 27.5. The van der Waals surface area contributed by atoms with E-state index in [1.807, 2.05) is 32.2 Å². The van der Waals surface area contributed by atoms with Crippen LogP contribution in [-0.2, 0) is 0 Å². The molecular formula is C35H35BrN2O2. The molecule has 5 heteroatoms. The Morgan fingerprint density at radius 3 is 1.93 bits per heavy atom. The molecule has 0 N–H and O–H groups in total. The van der Waals surface area contributed by atoms with E-state index in [1.165, 1.54) is 27.9 Å². The van der Waals surface area contributed by atoms with E-state index in [1.54, 1.807) is 0 Å². The predicted octanol–water partition coefficient (Wildman–Crippen LogP) is 8.87. The molecule has 0 saturated carbocycles. The Balaban J connectivity index is 1.46. The van der Waals surface area contributed by atoms with Gasteiger partial charge in [-0.05, 0) is 94.7 Å². The standard InChI is InChI=1S/C35H35BrN2O2/c1-3-39-33-20-24(19-32(36)35(33)40-4-2)23-37-27-21-30-28(25-11-7-5-8-12-25)15-17-38-18-16-29(31(22-27)34(30)38)26-13-9-6-10-14-26/h5-14,19-23,28-29H,3-4,15-18H2,1-2H3/t28-,29+. The van der Waals surface area contributed by atoms with Crippen molar-refractivity contribution in [2.45, 2.75) is 38.5 Å². The van der Waals surface area contributed by atoms with Gasteiger partial charge in [0.15, 0.2) is 11.5 Å². The molecule has 4 aromatic carbocycles. The second-order valence-electron chi connectivity index (χ2n) is 10.4. The molecule has 0 unspecified atom stereocenters. The average Bonchev–Trinajstić information content (AvgIpc) is 2.99. The van der Waals surface area contributed by atoms with Crippen LogP contribution >= 0.6 is 15.9 Å². The van der Waals surface area contributed by atoms with Crippen LogP contribution in [-0.4, -0.2) is 32.5 Å². The highest BCUT2D eigenvalue weighted by atomic mass is 79.9.